The Bertz CT molecular complexity index is 1380. The highest BCUT2D eigenvalue weighted by Gasteiger charge is 2.32. The monoisotopic (exact) mass is 609 g/mol. The number of hydrogen-bond acceptors (Lipinski definition) is 4. The van der Waals surface area contributed by atoms with Crippen molar-refractivity contribution in [1.82, 2.24) is 10.2 Å². The van der Waals surface area contributed by atoms with E-state index in [0.717, 1.165) is 38.3 Å². The number of nitrogens with one attached hydrogen (secondary N) is 1. The van der Waals surface area contributed by atoms with Gasteiger partial charge in [-0.05, 0) is 41.5 Å². The van der Waals surface area contributed by atoms with Crippen LogP contribution in [-0.4, -0.2) is 51.0 Å². The Morgan fingerprint density at radius 2 is 1.70 bits per heavy atom. The molecule has 0 heterocycles. The van der Waals surface area contributed by atoms with E-state index in [1.54, 1.807) is 6.07 Å². The van der Waals surface area contributed by atoms with Gasteiger partial charge in [0.2, 0.25) is 21.8 Å². The van der Waals surface area contributed by atoms with Gasteiger partial charge in [0.05, 0.1) is 17.0 Å². The van der Waals surface area contributed by atoms with Gasteiger partial charge in [0.25, 0.3) is 0 Å². The molecule has 2 amide bonds. The molecule has 1 atom stereocenters. The molecule has 1 unspecified atom stereocenters. The van der Waals surface area contributed by atoms with Gasteiger partial charge in [-0.1, -0.05) is 70.0 Å². The molecule has 0 radical (unpaired) electrons. The standard InChI is InChI=1S/C26H26BrClFN3O4S/c1-30-26(34)24(14-18-7-4-3-5-8-18)31(16-19-9-6-10-20(27)13-19)25(33)17-32(37(2,35)36)21-11-12-23(29)22(28)15-21/h3-13,15,24H,14,16-17H2,1-2H3,(H,30,34). The van der Waals surface area contributed by atoms with Crippen molar-refractivity contribution in [3.05, 3.63) is 99.2 Å². The van der Waals surface area contributed by atoms with Crippen molar-refractivity contribution in [2.75, 3.05) is 24.2 Å². The van der Waals surface area contributed by atoms with Crippen molar-refractivity contribution in [2.45, 2.75) is 19.0 Å². The Hall–Kier alpha value is -2.95. The lowest BCUT2D eigenvalue weighted by Crippen LogP contribution is -2.52. The maximum Gasteiger partial charge on any atom is 0.244 e. The third-order valence-electron chi connectivity index (χ3n) is 5.63. The van der Waals surface area contributed by atoms with Gasteiger partial charge in [0, 0.05) is 24.5 Å². The number of hydrogen-bond donors (Lipinski definition) is 1. The molecule has 11 heteroatoms. The molecule has 0 aliphatic heterocycles. The number of sulfonamides is 1. The van der Waals surface area contributed by atoms with Crippen molar-refractivity contribution >= 4 is 55.1 Å². The van der Waals surface area contributed by atoms with Gasteiger partial charge in [-0.3, -0.25) is 13.9 Å². The van der Waals surface area contributed by atoms with Gasteiger partial charge in [0.1, 0.15) is 18.4 Å². The number of carbonyl (C=O) groups excluding carboxylic acids is 2. The average molecular weight is 611 g/mol. The maximum absolute atomic E-state index is 13.8. The summed E-state index contributed by atoms with van der Waals surface area (Å²) in [6.07, 6.45) is 1.15. The maximum atomic E-state index is 13.8. The van der Waals surface area contributed by atoms with E-state index in [-0.39, 0.29) is 23.7 Å². The Kier molecular flexibility index (Phi) is 9.69. The third kappa shape index (κ3) is 7.77. The smallest absolute Gasteiger partial charge is 0.244 e. The van der Waals surface area contributed by atoms with E-state index in [9.17, 15) is 22.4 Å². The molecule has 0 bridgehead atoms. The summed E-state index contributed by atoms with van der Waals surface area (Å²) >= 11 is 9.30. The van der Waals surface area contributed by atoms with Crippen LogP contribution in [0.25, 0.3) is 0 Å². The Morgan fingerprint density at radius 3 is 2.30 bits per heavy atom. The van der Waals surface area contributed by atoms with Gasteiger partial charge in [-0.15, -0.1) is 0 Å². The number of benzene rings is 3. The van der Waals surface area contributed by atoms with Crippen molar-refractivity contribution in [3.8, 4) is 0 Å². The summed E-state index contributed by atoms with van der Waals surface area (Å²) in [6, 6.07) is 18.9. The number of amides is 2. The zero-order chi connectivity index (χ0) is 27.2. The second kappa shape index (κ2) is 12.5. The van der Waals surface area contributed by atoms with Crippen LogP contribution in [-0.2, 0) is 32.6 Å². The predicted octanol–water partition coefficient (Wildman–Crippen LogP) is 4.39. The first-order valence-corrected chi connectivity index (χ1v) is 14.2. The molecular formula is C26H26BrClFN3O4S. The number of halogens is 3. The number of rotatable bonds is 10. The quantitative estimate of drug-likeness (QED) is 0.369. The molecule has 1 N–H and O–H groups in total. The van der Waals surface area contributed by atoms with Gasteiger partial charge in [-0.2, -0.15) is 0 Å². The summed E-state index contributed by atoms with van der Waals surface area (Å²) in [5, 5.41) is 2.33. The topological polar surface area (TPSA) is 86.8 Å². The fraction of sp³-hybridized carbons (Fsp3) is 0.231. The van der Waals surface area contributed by atoms with E-state index in [4.69, 9.17) is 11.6 Å². The largest absolute Gasteiger partial charge is 0.357 e. The fourth-order valence-corrected chi connectivity index (χ4v) is 5.27. The number of likely N-dealkylation sites (N-methyl/N-ethyl adjacent to an activating group) is 1. The zero-order valence-electron chi connectivity index (χ0n) is 20.2. The van der Waals surface area contributed by atoms with Crippen LogP contribution in [0, 0.1) is 5.82 Å². The predicted molar refractivity (Wildman–Crippen MR) is 146 cm³/mol. The summed E-state index contributed by atoms with van der Waals surface area (Å²) < 4.78 is 40.7. The second-order valence-corrected chi connectivity index (χ2v) is 11.6. The molecule has 7 nitrogen and oxygen atoms in total. The lowest BCUT2D eigenvalue weighted by molar-refractivity contribution is -0.139. The molecule has 0 spiro atoms. The lowest BCUT2D eigenvalue weighted by Gasteiger charge is -2.33. The third-order valence-corrected chi connectivity index (χ3v) is 7.55. The van der Waals surface area contributed by atoms with Gasteiger partial charge in [-0.25, -0.2) is 12.8 Å². The second-order valence-electron chi connectivity index (χ2n) is 8.34. The van der Waals surface area contributed by atoms with Crippen molar-refractivity contribution in [1.29, 1.82) is 0 Å². The minimum Gasteiger partial charge on any atom is -0.357 e. The minimum atomic E-state index is -3.97. The fourth-order valence-electron chi connectivity index (χ4n) is 3.81. The molecule has 3 rings (SSSR count). The molecule has 0 aliphatic carbocycles. The molecule has 0 aromatic heterocycles. The Morgan fingerprint density at radius 1 is 1.03 bits per heavy atom. The van der Waals surface area contributed by atoms with Crippen LogP contribution in [0.1, 0.15) is 11.1 Å². The van der Waals surface area contributed by atoms with E-state index >= 15 is 0 Å². The van der Waals surface area contributed by atoms with E-state index < -0.39 is 40.2 Å². The highest BCUT2D eigenvalue weighted by molar-refractivity contribution is 9.10. The van der Waals surface area contributed by atoms with E-state index in [2.05, 4.69) is 21.2 Å². The van der Waals surface area contributed by atoms with Crippen LogP contribution in [0.2, 0.25) is 5.02 Å². The number of anilines is 1. The zero-order valence-corrected chi connectivity index (χ0v) is 23.4. The van der Waals surface area contributed by atoms with Gasteiger partial charge >= 0.3 is 0 Å². The lowest BCUT2D eigenvalue weighted by atomic mass is 10.0. The molecule has 3 aromatic carbocycles. The molecular weight excluding hydrogens is 585 g/mol. The summed E-state index contributed by atoms with van der Waals surface area (Å²) in [7, 11) is -2.49. The first-order valence-electron chi connectivity index (χ1n) is 11.2. The van der Waals surface area contributed by atoms with Crippen LogP contribution < -0.4 is 9.62 Å². The van der Waals surface area contributed by atoms with Crippen LogP contribution in [0.3, 0.4) is 0 Å². The van der Waals surface area contributed by atoms with Crippen molar-refractivity contribution < 1.29 is 22.4 Å². The molecule has 0 aliphatic rings. The van der Waals surface area contributed by atoms with Gasteiger partial charge in [0.15, 0.2) is 0 Å². The Labute approximate surface area is 229 Å². The molecule has 37 heavy (non-hydrogen) atoms. The molecule has 0 saturated heterocycles. The normalized spacial score (nSPS) is 12.0. The number of carbonyl (C=O) groups is 2. The summed E-state index contributed by atoms with van der Waals surface area (Å²) in [6.45, 7) is -0.567. The van der Waals surface area contributed by atoms with Crippen molar-refractivity contribution in [3.63, 3.8) is 0 Å². The molecule has 0 saturated carbocycles. The van der Waals surface area contributed by atoms with Crippen LogP contribution in [0.15, 0.2) is 77.3 Å². The average Bonchev–Trinajstić information content (AvgIpc) is 2.86. The molecule has 196 valence electrons. The highest BCUT2D eigenvalue weighted by Crippen LogP contribution is 2.25. The Balaban J connectivity index is 2.04. The van der Waals surface area contributed by atoms with Crippen LogP contribution in [0.5, 0.6) is 0 Å². The number of nitrogens with zero attached hydrogens (tertiary/aromatic N) is 2. The van der Waals surface area contributed by atoms with E-state index in [1.165, 1.54) is 18.0 Å². The highest BCUT2D eigenvalue weighted by atomic mass is 79.9. The first-order chi connectivity index (χ1) is 17.5. The van der Waals surface area contributed by atoms with Crippen LogP contribution in [0.4, 0.5) is 10.1 Å². The van der Waals surface area contributed by atoms with Gasteiger partial charge < -0.3 is 10.2 Å². The summed E-state index contributed by atoms with van der Waals surface area (Å²) in [5.41, 5.74) is 1.60. The summed E-state index contributed by atoms with van der Waals surface area (Å²) in [5.74, 6) is -1.73. The summed E-state index contributed by atoms with van der Waals surface area (Å²) in [4.78, 5) is 28.2. The van der Waals surface area contributed by atoms with E-state index in [1.807, 2.05) is 48.5 Å². The molecule has 3 aromatic rings. The first kappa shape index (κ1) is 28.6. The molecule has 0 fully saturated rings. The van der Waals surface area contributed by atoms with Crippen LogP contribution >= 0.6 is 27.5 Å². The van der Waals surface area contributed by atoms with E-state index in [0.29, 0.717) is 0 Å². The minimum absolute atomic E-state index is 0.0317. The van der Waals surface area contributed by atoms with Crippen molar-refractivity contribution in [2.24, 2.45) is 0 Å². The SMILES string of the molecule is CNC(=O)C(Cc1ccccc1)N(Cc1cccc(Br)c1)C(=O)CN(c1ccc(F)c(Cl)c1)S(C)(=O)=O.